The zero-order chi connectivity index (χ0) is 14.8. The van der Waals surface area contributed by atoms with Crippen molar-refractivity contribution in [3.05, 3.63) is 41.9 Å². The molecule has 0 bridgehead atoms. The maximum atomic E-state index is 12.5. The van der Waals surface area contributed by atoms with Gasteiger partial charge in [-0.15, -0.1) is 0 Å². The van der Waals surface area contributed by atoms with Gasteiger partial charge in [0.1, 0.15) is 0 Å². The molecule has 0 radical (unpaired) electrons. The second-order valence-corrected chi connectivity index (χ2v) is 4.54. The van der Waals surface area contributed by atoms with Crippen LogP contribution < -0.4 is 5.73 Å². The molecule has 0 saturated heterocycles. The van der Waals surface area contributed by atoms with Crippen LogP contribution in [0.15, 0.2) is 30.6 Å². The standard InChI is InChI=1S/C13H15F3N4/c1-2-10(17)7-9-3-4-12(18-8-9)20-6-5-11(19-20)13(14,15)16/h3-6,8,10H,2,7,17H2,1H3. The number of nitrogens with two attached hydrogens (primary N) is 1. The first kappa shape index (κ1) is 14.5. The van der Waals surface area contributed by atoms with Gasteiger partial charge in [-0.2, -0.15) is 18.3 Å². The average Bonchev–Trinajstić information content (AvgIpc) is 2.89. The maximum absolute atomic E-state index is 12.5. The minimum atomic E-state index is -4.45. The number of nitrogens with zero attached hydrogens (tertiary/aromatic N) is 3. The molecule has 108 valence electrons. The van der Waals surface area contributed by atoms with Crippen LogP contribution in [0.5, 0.6) is 0 Å². The second kappa shape index (κ2) is 5.62. The lowest BCUT2D eigenvalue weighted by molar-refractivity contribution is -0.141. The zero-order valence-electron chi connectivity index (χ0n) is 10.9. The lowest BCUT2D eigenvalue weighted by atomic mass is 10.1. The smallest absolute Gasteiger partial charge is 0.327 e. The summed E-state index contributed by atoms with van der Waals surface area (Å²) >= 11 is 0. The number of hydrogen-bond acceptors (Lipinski definition) is 3. The SMILES string of the molecule is CCC(N)Cc1ccc(-n2ccc(C(F)(F)F)n2)nc1. The molecule has 0 saturated carbocycles. The molecular formula is C13H15F3N4. The van der Waals surface area contributed by atoms with E-state index >= 15 is 0 Å². The van der Waals surface area contributed by atoms with E-state index in [-0.39, 0.29) is 6.04 Å². The third-order valence-corrected chi connectivity index (χ3v) is 2.95. The van der Waals surface area contributed by atoms with Crippen molar-refractivity contribution >= 4 is 0 Å². The molecule has 2 heterocycles. The van der Waals surface area contributed by atoms with Gasteiger partial charge in [-0.3, -0.25) is 0 Å². The molecule has 2 aromatic rings. The molecule has 0 spiro atoms. The van der Waals surface area contributed by atoms with E-state index in [1.807, 2.05) is 6.92 Å². The summed E-state index contributed by atoms with van der Waals surface area (Å²) in [6.07, 6.45) is -0.0476. The van der Waals surface area contributed by atoms with E-state index in [9.17, 15) is 13.2 Å². The molecule has 2 N–H and O–H groups in total. The highest BCUT2D eigenvalue weighted by Crippen LogP contribution is 2.27. The number of hydrogen-bond donors (Lipinski definition) is 1. The van der Waals surface area contributed by atoms with Crippen LogP contribution in [-0.2, 0) is 12.6 Å². The van der Waals surface area contributed by atoms with E-state index in [0.29, 0.717) is 12.2 Å². The van der Waals surface area contributed by atoms with Crippen LogP contribution in [0.1, 0.15) is 24.6 Å². The van der Waals surface area contributed by atoms with Crippen molar-refractivity contribution in [1.82, 2.24) is 14.8 Å². The highest BCUT2D eigenvalue weighted by molar-refractivity contribution is 5.26. The molecule has 0 aromatic carbocycles. The maximum Gasteiger partial charge on any atom is 0.435 e. The Labute approximate surface area is 114 Å². The van der Waals surface area contributed by atoms with Crippen molar-refractivity contribution in [3.8, 4) is 5.82 Å². The summed E-state index contributed by atoms with van der Waals surface area (Å²) in [6.45, 7) is 1.99. The Bertz CT molecular complexity index is 560. The lowest BCUT2D eigenvalue weighted by Gasteiger charge is -2.08. The molecule has 20 heavy (non-hydrogen) atoms. The summed E-state index contributed by atoms with van der Waals surface area (Å²) in [6, 6.07) is 4.41. The molecule has 0 fully saturated rings. The van der Waals surface area contributed by atoms with Gasteiger partial charge in [0, 0.05) is 18.4 Å². The Morgan fingerprint density at radius 2 is 2.05 bits per heavy atom. The molecule has 4 nitrogen and oxygen atoms in total. The Hall–Kier alpha value is -1.89. The lowest BCUT2D eigenvalue weighted by Crippen LogP contribution is -2.21. The number of halogens is 3. The molecular weight excluding hydrogens is 269 g/mol. The van der Waals surface area contributed by atoms with Crippen LogP contribution in [-0.4, -0.2) is 20.8 Å². The monoisotopic (exact) mass is 284 g/mol. The normalized spacial score (nSPS) is 13.4. The molecule has 2 rings (SSSR count). The van der Waals surface area contributed by atoms with Crippen molar-refractivity contribution in [1.29, 1.82) is 0 Å². The molecule has 0 aliphatic heterocycles. The Balaban J connectivity index is 2.16. The highest BCUT2D eigenvalue weighted by Gasteiger charge is 2.33. The van der Waals surface area contributed by atoms with Crippen molar-refractivity contribution in [3.63, 3.8) is 0 Å². The van der Waals surface area contributed by atoms with Gasteiger partial charge in [0.25, 0.3) is 0 Å². The van der Waals surface area contributed by atoms with Gasteiger partial charge < -0.3 is 5.73 Å². The van der Waals surface area contributed by atoms with Crippen molar-refractivity contribution in [2.75, 3.05) is 0 Å². The van der Waals surface area contributed by atoms with Gasteiger partial charge in [0.15, 0.2) is 11.5 Å². The van der Waals surface area contributed by atoms with Gasteiger partial charge in [-0.1, -0.05) is 13.0 Å². The fraction of sp³-hybridized carbons (Fsp3) is 0.385. The predicted octanol–water partition coefficient (Wildman–Crippen LogP) is 2.57. The third kappa shape index (κ3) is 3.36. The van der Waals surface area contributed by atoms with Gasteiger partial charge in [0.2, 0.25) is 0 Å². The van der Waals surface area contributed by atoms with Crippen molar-refractivity contribution in [2.24, 2.45) is 5.73 Å². The summed E-state index contributed by atoms with van der Waals surface area (Å²) in [5.74, 6) is 0.342. The van der Waals surface area contributed by atoms with E-state index in [4.69, 9.17) is 5.73 Å². The first-order valence-corrected chi connectivity index (χ1v) is 6.24. The number of alkyl halides is 3. The largest absolute Gasteiger partial charge is 0.435 e. The van der Waals surface area contributed by atoms with Gasteiger partial charge >= 0.3 is 6.18 Å². The molecule has 2 aromatic heterocycles. The van der Waals surface area contributed by atoms with Crippen LogP contribution >= 0.6 is 0 Å². The number of aromatic nitrogens is 3. The minimum Gasteiger partial charge on any atom is -0.327 e. The molecule has 0 amide bonds. The van der Waals surface area contributed by atoms with Crippen molar-refractivity contribution < 1.29 is 13.2 Å². The van der Waals surface area contributed by atoms with Gasteiger partial charge in [0.05, 0.1) is 0 Å². The fourth-order valence-electron chi connectivity index (χ4n) is 1.72. The van der Waals surface area contributed by atoms with E-state index in [2.05, 4.69) is 10.1 Å². The summed E-state index contributed by atoms with van der Waals surface area (Å²) in [4.78, 5) is 4.11. The summed E-state index contributed by atoms with van der Waals surface area (Å²) < 4.78 is 38.5. The van der Waals surface area contributed by atoms with Crippen LogP contribution in [0.3, 0.4) is 0 Å². The van der Waals surface area contributed by atoms with Crippen LogP contribution in [0.2, 0.25) is 0 Å². The third-order valence-electron chi connectivity index (χ3n) is 2.95. The molecule has 7 heteroatoms. The topological polar surface area (TPSA) is 56.7 Å². The van der Waals surface area contributed by atoms with E-state index < -0.39 is 11.9 Å². The van der Waals surface area contributed by atoms with Crippen LogP contribution in [0.25, 0.3) is 5.82 Å². The summed E-state index contributed by atoms with van der Waals surface area (Å²) in [5.41, 5.74) is 5.85. The predicted molar refractivity (Wildman–Crippen MR) is 68.3 cm³/mol. The second-order valence-electron chi connectivity index (χ2n) is 4.54. The minimum absolute atomic E-state index is 0.0594. The van der Waals surface area contributed by atoms with Gasteiger partial charge in [-0.25, -0.2) is 9.67 Å². The first-order chi connectivity index (χ1) is 9.40. The Morgan fingerprint density at radius 1 is 1.30 bits per heavy atom. The molecule has 0 aliphatic rings. The summed E-state index contributed by atoms with van der Waals surface area (Å²) in [7, 11) is 0. The molecule has 1 unspecified atom stereocenters. The number of pyridine rings is 1. The molecule has 1 atom stereocenters. The van der Waals surface area contributed by atoms with E-state index in [0.717, 1.165) is 22.7 Å². The summed E-state index contributed by atoms with van der Waals surface area (Å²) in [5, 5.41) is 3.46. The van der Waals surface area contributed by atoms with E-state index in [1.54, 1.807) is 18.3 Å². The van der Waals surface area contributed by atoms with Gasteiger partial charge in [-0.05, 0) is 30.5 Å². The zero-order valence-corrected chi connectivity index (χ0v) is 10.9. The fourth-order valence-corrected chi connectivity index (χ4v) is 1.72. The van der Waals surface area contributed by atoms with Crippen LogP contribution in [0, 0.1) is 0 Å². The average molecular weight is 284 g/mol. The Kier molecular flexibility index (Phi) is 4.08. The van der Waals surface area contributed by atoms with Crippen LogP contribution in [0.4, 0.5) is 13.2 Å². The van der Waals surface area contributed by atoms with E-state index in [1.165, 1.54) is 6.20 Å². The number of rotatable bonds is 4. The highest BCUT2D eigenvalue weighted by atomic mass is 19.4. The molecule has 0 aliphatic carbocycles. The quantitative estimate of drug-likeness (QED) is 0.938. The first-order valence-electron chi connectivity index (χ1n) is 6.24. The Morgan fingerprint density at radius 3 is 2.55 bits per heavy atom. The van der Waals surface area contributed by atoms with Crippen molar-refractivity contribution in [2.45, 2.75) is 32.0 Å².